The van der Waals surface area contributed by atoms with Gasteiger partial charge < -0.3 is 20.5 Å². The minimum Gasteiger partial charge on any atom is -0.481 e. The Morgan fingerprint density at radius 3 is 2.39 bits per heavy atom. The second-order valence-corrected chi connectivity index (χ2v) is 9.20. The standard InChI is InChI=1S/C21H38N2O5/c1-14(13-22-15(2)24)9-7-6-8-10-16-11-17(19(25)26)12-18(16)23-20(27)28-21(3,4)5/h14,16-18H,6-13H2,1-5H3,(H,22,24)(H,23,27)(H,25,26). The molecule has 1 saturated carbocycles. The van der Waals surface area contributed by atoms with Crippen molar-refractivity contribution in [3.05, 3.63) is 0 Å². The number of carboxylic acids is 1. The summed E-state index contributed by atoms with van der Waals surface area (Å²) in [4.78, 5) is 34.4. The van der Waals surface area contributed by atoms with E-state index in [0.717, 1.165) is 32.1 Å². The van der Waals surface area contributed by atoms with Crippen molar-refractivity contribution in [1.29, 1.82) is 0 Å². The van der Waals surface area contributed by atoms with Crippen LogP contribution in [0.25, 0.3) is 0 Å². The van der Waals surface area contributed by atoms with Crippen LogP contribution >= 0.6 is 0 Å². The average Bonchev–Trinajstić information content (AvgIpc) is 2.93. The predicted molar refractivity (Wildman–Crippen MR) is 108 cm³/mol. The molecule has 3 N–H and O–H groups in total. The Morgan fingerprint density at radius 1 is 1.14 bits per heavy atom. The van der Waals surface area contributed by atoms with Crippen LogP contribution in [0, 0.1) is 17.8 Å². The Kier molecular flexibility index (Phi) is 9.76. The Labute approximate surface area is 169 Å². The topological polar surface area (TPSA) is 105 Å². The van der Waals surface area contributed by atoms with Crippen molar-refractivity contribution in [3.8, 4) is 0 Å². The third-order valence-electron chi connectivity index (χ3n) is 5.22. The minimum atomic E-state index is -0.787. The molecule has 1 aliphatic rings. The van der Waals surface area contributed by atoms with Gasteiger partial charge in [0.25, 0.3) is 0 Å². The van der Waals surface area contributed by atoms with Crippen LogP contribution < -0.4 is 10.6 Å². The number of carbonyl (C=O) groups is 3. The fourth-order valence-corrected chi connectivity index (χ4v) is 3.78. The van der Waals surface area contributed by atoms with Crippen molar-refractivity contribution in [2.24, 2.45) is 17.8 Å². The fraction of sp³-hybridized carbons (Fsp3) is 0.857. The summed E-state index contributed by atoms with van der Waals surface area (Å²) in [5, 5.41) is 15.1. The first-order chi connectivity index (χ1) is 13.0. The minimum absolute atomic E-state index is 0.00426. The highest BCUT2D eigenvalue weighted by atomic mass is 16.6. The Hall–Kier alpha value is -1.79. The first-order valence-electron chi connectivity index (χ1n) is 10.4. The third-order valence-corrected chi connectivity index (χ3v) is 5.22. The zero-order chi connectivity index (χ0) is 21.3. The number of hydrogen-bond donors (Lipinski definition) is 3. The van der Waals surface area contributed by atoms with Crippen LogP contribution in [0.15, 0.2) is 0 Å². The summed E-state index contributed by atoms with van der Waals surface area (Å²) in [6, 6.07) is -0.144. The highest BCUT2D eigenvalue weighted by Gasteiger charge is 2.38. The number of nitrogens with one attached hydrogen (secondary N) is 2. The van der Waals surface area contributed by atoms with Gasteiger partial charge in [0.1, 0.15) is 5.60 Å². The summed E-state index contributed by atoms with van der Waals surface area (Å²) >= 11 is 0. The molecular weight excluding hydrogens is 360 g/mol. The van der Waals surface area contributed by atoms with Crippen molar-refractivity contribution in [2.75, 3.05) is 6.54 Å². The molecule has 0 heterocycles. The number of ether oxygens (including phenoxy) is 1. The van der Waals surface area contributed by atoms with Gasteiger partial charge in [-0.2, -0.15) is 0 Å². The molecule has 2 amide bonds. The van der Waals surface area contributed by atoms with E-state index in [4.69, 9.17) is 4.74 Å². The van der Waals surface area contributed by atoms with Crippen molar-refractivity contribution in [3.63, 3.8) is 0 Å². The summed E-state index contributed by atoms with van der Waals surface area (Å²) in [5.41, 5.74) is -0.571. The normalized spacial score (nSPS) is 23.1. The molecule has 4 unspecified atom stereocenters. The molecule has 0 aromatic carbocycles. The van der Waals surface area contributed by atoms with Gasteiger partial charge >= 0.3 is 12.1 Å². The molecule has 7 heteroatoms. The molecule has 28 heavy (non-hydrogen) atoms. The van der Waals surface area contributed by atoms with E-state index in [0.29, 0.717) is 25.3 Å². The van der Waals surface area contributed by atoms with E-state index in [1.165, 1.54) is 6.92 Å². The lowest BCUT2D eigenvalue weighted by Crippen LogP contribution is -2.41. The number of carbonyl (C=O) groups excluding carboxylic acids is 2. The molecule has 7 nitrogen and oxygen atoms in total. The van der Waals surface area contributed by atoms with Gasteiger partial charge in [0.15, 0.2) is 0 Å². The second-order valence-electron chi connectivity index (χ2n) is 9.20. The van der Waals surface area contributed by atoms with Gasteiger partial charge in [-0.3, -0.25) is 9.59 Å². The SMILES string of the molecule is CC(=O)NCC(C)CCCCCC1CC(C(=O)O)CC1NC(=O)OC(C)(C)C. The van der Waals surface area contributed by atoms with E-state index < -0.39 is 23.6 Å². The van der Waals surface area contributed by atoms with Crippen LogP contribution in [-0.2, 0) is 14.3 Å². The van der Waals surface area contributed by atoms with Crippen molar-refractivity contribution < 1.29 is 24.2 Å². The summed E-state index contributed by atoms with van der Waals surface area (Å²) in [7, 11) is 0. The molecule has 0 aliphatic heterocycles. The first-order valence-corrected chi connectivity index (χ1v) is 10.4. The molecule has 0 bridgehead atoms. The molecule has 0 radical (unpaired) electrons. The fourth-order valence-electron chi connectivity index (χ4n) is 3.78. The van der Waals surface area contributed by atoms with Crippen LogP contribution in [0.3, 0.4) is 0 Å². The van der Waals surface area contributed by atoms with E-state index in [1.807, 2.05) is 20.8 Å². The molecule has 0 spiro atoms. The number of aliphatic carboxylic acids is 1. The van der Waals surface area contributed by atoms with Gasteiger partial charge in [-0.25, -0.2) is 4.79 Å². The lowest BCUT2D eigenvalue weighted by Gasteiger charge is -2.24. The summed E-state index contributed by atoms with van der Waals surface area (Å²) < 4.78 is 5.33. The molecule has 1 fully saturated rings. The van der Waals surface area contributed by atoms with Crippen LogP contribution in [0.2, 0.25) is 0 Å². The molecule has 1 rings (SSSR count). The molecule has 0 aromatic heterocycles. The lowest BCUT2D eigenvalue weighted by atomic mass is 9.94. The number of alkyl carbamates (subject to hydrolysis) is 1. The molecule has 0 aromatic rings. The molecular formula is C21H38N2O5. The smallest absolute Gasteiger partial charge is 0.407 e. The highest BCUT2D eigenvalue weighted by Crippen LogP contribution is 2.35. The van der Waals surface area contributed by atoms with Crippen LogP contribution in [0.4, 0.5) is 4.79 Å². The summed E-state index contributed by atoms with van der Waals surface area (Å²) in [6.07, 6.45) is 5.73. The molecule has 0 saturated heterocycles. The van der Waals surface area contributed by atoms with Gasteiger partial charge in [-0.05, 0) is 58.3 Å². The number of hydrogen-bond acceptors (Lipinski definition) is 4. The predicted octanol–water partition coefficient (Wildman–Crippen LogP) is 3.71. The van der Waals surface area contributed by atoms with E-state index in [9.17, 15) is 19.5 Å². The quantitative estimate of drug-likeness (QED) is 0.487. The van der Waals surface area contributed by atoms with Crippen molar-refractivity contribution in [2.45, 2.75) is 91.2 Å². The van der Waals surface area contributed by atoms with Crippen LogP contribution in [0.5, 0.6) is 0 Å². The highest BCUT2D eigenvalue weighted by molar-refractivity contribution is 5.72. The summed E-state index contributed by atoms with van der Waals surface area (Å²) in [5.74, 6) is -0.559. The van der Waals surface area contributed by atoms with Crippen LogP contribution in [-0.4, -0.2) is 41.3 Å². The number of carboxylic acid groups (broad SMARTS) is 1. The third kappa shape index (κ3) is 9.95. The Bertz CT molecular complexity index is 529. The van der Waals surface area contributed by atoms with Gasteiger partial charge in [0.2, 0.25) is 5.91 Å². The maximum Gasteiger partial charge on any atom is 0.407 e. The summed E-state index contributed by atoms with van der Waals surface area (Å²) in [6.45, 7) is 9.80. The maximum absolute atomic E-state index is 12.1. The van der Waals surface area contributed by atoms with Gasteiger partial charge in [0.05, 0.1) is 5.92 Å². The lowest BCUT2D eigenvalue weighted by molar-refractivity contribution is -0.141. The van der Waals surface area contributed by atoms with Crippen molar-refractivity contribution in [1.82, 2.24) is 10.6 Å². The van der Waals surface area contributed by atoms with E-state index in [1.54, 1.807) is 0 Å². The van der Waals surface area contributed by atoms with E-state index >= 15 is 0 Å². The van der Waals surface area contributed by atoms with Gasteiger partial charge in [-0.1, -0.05) is 26.2 Å². The van der Waals surface area contributed by atoms with E-state index in [-0.39, 0.29) is 17.9 Å². The van der Waals surface area contributed by atoms with Crippen molar-refractivity contribution >= 4 is 18.0 Å². The second kappa shape index (κ2) is 11.3. The Morgan fingerprint density at radius 2 is 1.82 bits per heavy atom. The molecule has 4 atom stereocenters. The number of amides is 2. The molecule has 1 aliphatic carbocycles. The average molecular weight is 399 g/mol. The van der Waals surface area contributed by atoms with Gasteiger partial charge in [0, 0.05) is 19.5 Å². The van der Waals surface area contributed by atoms with E-state index in [2.05, 4.69) is 17.6 Å². The Balaban J connectivity index is 2.39. The monoisotopic (exact) mass is 398 g/mol. The van der Waals surface area contributed by atoms with Crippen LogP contribution in [0.1, 0.15) is 79.6 Å². The first kappa shape index (κ1) is 24.2. The molecule has 162 valence electrons. The number of unbranched alkanes of at least 4 members (excludes halogenated alkanes) is 2. The zero-order valence-electron chi connectivity index (χ0n) is 18.0. The zero-order valence-corrected chi connectivity index (χ0v) is 18.0. The van der Waals surface area contributed by atoms with Gasteiger partial charge in [-0.15, -0.1) is 0 Å². The largest absolute Gasteiger partial charge is 0.481 e. The maximum atomic E-state index is 12.1. The number of rotatable bonds is 10.